The van der Waals surface area contributed by atoms with Crippen molar-refractivity contribution in [1.29, 1.82) is 0 Å². The lowest BCUT2D eigenvalue weighted by atomic mass is 10.2. The number of rotatable bonds is 4. The van der Waals surface area contributed by atoms with Gasteiger partial charge in [-0.15, -0.1) is 10.2 Å². The zero-order valence-electron chi connectivity index (χ0n) is 10.6. The van der Waals surface area contributed by atoms with Gasteiger partial charge in [0.25, 0.3) is 0 Å². The smallest absolute Gasteiger partial charge is 0.339 e. The number of benzene rings is 1. The van der Waals surface area contributed by atoms with Crippen molar-refractivity contribution >= 4 is 23.3 Å². The fraction of sp³-hybridized carbons (Fsp3) is 0.364. The van der Waals surface area contributed by atoms with Crippen molar-refractivity contribution in [2.75, 3.05) is 7.11 Å². The number of methoxy groups -OCH3 is 1. The van der Waals surface area contributed by atoms with Crippen molar-refractivity contribution in [1.82, 2.24) is 0 Å². The van der Waals surface area contributed by atoms with Gasteiger partial charge in [0, 0.05) is 13.8 Å². The number of azo groups is 1. The van der Waals surface area contributed by atoms with E-state index >= 15 is 0 Å². The van der Waals surface area contributed by atoms with Crippen LogP contribution in [0.3, 0.4) is 0 Å². The van der Waals surface area contributed by atoms with Gasteiger partial charge in [-0.1, -0.05) is 11.6 Å². The van der Waals surface area contributed by atoms with E-state index in [0.717, 1.165) is 0 Å². The molecule has 0 spiro atoms. The fourth-order valence-corrected chi connectivity index (χ4v) is 1.25. The van der Waals surface area contributed by atoms with Crippen LogP contribution in [0.15, 0.2) is 28.4 Å². The summed E-state index contributed by atoms with van der Waals surface area (Å²) in [6, 6.07) is 4.29. The molecule has 102 valence electrons. The second kappa shape index (κ2) is 5.75. The van der Waals surface area contributed by atoms with Gasteiger partial charge in [-0.05, 0) is 18.2 Å². The van der Waals surface area contributed by atoms with Crippen molar-refractivity contribution < 1.29 is 14.5 Å². The van der Waals surface area contributed by atoms with Crippen LogP contribution in [0, 0.1) is 10.1 Å². The third-order valence-electron chi connectivity index (χ3n) is 2.21. The van der Waals surface area contributed by atoms with Gasteiger partial charge in [-0.3, -0.25) is 10.1 Å². The summed E-state index contributed by atoms with van der Waals surface area (Å²) in [6.45, 7) is 2.63. The molecule has 0 atom stereocenters. The van der Waals surface area contributed by atoms with Crippen molar-refractivity contribution in [3.8, 4) is 0 Å². The Bertz CT molecular complexity index is 543. The lowest BCUT2D eigenvalue weighted by Gasteiger charge is -2.08. The van der Waals surface area contributed by atoms with Crippen LogP contribution in [-0.4, -0.2) is 23.7 Å². The maximum atomic E-state index is 11.4. The largest absolute Gasteiger partial charge is 0.465 e. The molecule has 0 unspecified atom stereocenters. The first-order chi connectivity index (χ1) is 8.77. The zero-order valence-corrected chi connectivity index (χ0v) is 11.3. The topological polar surface area (TPSA) is 94.2 Å². The van der Waals surface area contributed by atoms with Gasteiger partial charge in [0.15, 0.2) is 0 Å². The van der Waals surface area contributed by atoms with Gasteiger partial charge in [-0.25, -0.2) is 4.79 Å². The third-order valence-corrected chi connectivity index (χ3v) is 2.54. The molecule has 8 heteroatoms. The Balaban J connectivity index is 3.07. The first-order valence-electron chi connectivity index (χ1n) is 5.23. The Kier molecular flexibility index (Phi) is 4.55. The summed E-state index contributed by atoms with van der Waals surface area (Å²) < 4.78 is 4.55. The number of halogens is 1. The second-order valence-electron chi connectivity index (χ2n) is 4.11. The van der Waals surface area contributed by atoms with E-state index in [1.807, 2.05) is 0 Å². The lowest BCUT2D eigenvalue weighted by Crippen LogP contribution is -2.27. The first kappa shape index (κ1) is 15.0. The van der Waals surface area contributed by atoms with Gasteiger partial charge in [0.1, 0.15) is 0 Å². The molecule has 1 aromatic rings. The number of nitro groups is 1. The Hall–Kier alpha value is -2.02. The minimum atomic E-state index is -1.54. The van der Waals surface area contributed by atoms with Crippen LogP contribution in [-0.2, 0) is 4.74 Å². The fourth-order valence-electron chi connectivity index (χ4n) is 1.06. The van der Waals surface area contributed by atoms with E-state index in [1.165, 1.54) is 39.2 Å². The molecule has 0 amide bonds. The molecule has 1 aromatic carbocycles. The molecule has 7 nitrogen and oxygen atoms in total. The zero-order chi connectivity index (χ0) is 14.6. The summed E-state index contributed by atoms with van der Waals surface area (Å²) in [5, 5.41) is 18.2. The molecule has 0 N–H and O–H groups in total. The molecule has 0 radical (unpaired) electrons. The second-order valence-corrected chi connectivity index (χ2v) is 4.51. The summed E-state index contributed by atoms with van der Waals surface area (Å²) in [5.41, 5.74) is -1.13. The highest BCUT2D eigenvalue weighted by Gasteiger charge is 2.29. The number of esters is 1. The highest BCUT2D eigenvalue weighted by atomic mass is 35.5. The molecule has 0 aliphatic heterocycles. The van der Waals surface area contributed by atoms with Crippen molar-refractivity contribution in [3.63, 3.8) is 0 Å². The van der Waals surface area contributed by atoms with Gasteiger partial charge < -0.3 is 4.74 Å². The Morgan fingerprint density at radius 3 is 2.63 bits per heavy atom. The average Bonchev–Trinajstić information content (AvgIpc) is 2.36. The van der Waals surface area contributed by atoms with Crippen LogP contribution in [0.2, 0.25) is 5.02 Å². The Labute approximate surface area is 114 Å². The van der Waals surface area contributed by atoms with Crippen LogP contribution < -0.4 is 0 Å². The highest BCUT2D eigenvalue weighted by molar-refractivity contribution is 6.33. The Morgan fingerprint density at radius 2 is 2.11 bits per heavy atom. The SMILES string of the molecule is COC(=O)c1cc(N=NC(C)(C)[N+](=O)[O-])ccc1Cl. The number of ether oxygens (including phenoxy) is 1. The van der Waals surface area contributed by atoms with Crippen LogP contribution >= 0.6 is 11.6 Å². The molecule has 0 saturated heterocycles. The summed E-state index contributed by atoms with van der Waals surface area (Å²) in [4.78, 5) is 21.5. The molecule has 0 aromatic heterocycles. The van der Waals surface area contributed by atoms with E-state index in [-0.39, 0.29) is 16.3 Å². The molecule has 0 saturated carbocycles. The van der Waals surface area contributed by atoms with Crippen LogP contribution in [0.1, 0.15) is 24.2 Å². The third kappa shape index (κ3) is 3.72. The number of carbonyl (C=O) groups excluding carboxylic acids is 1. The lowest BCUT2D eigenvalue weighted by molar-refractivity contribution is -0.559. The number of hydrogen-bond acceptors (Lipinski definition) is 6. The molecule has 0 aliphatic carbocycles. The average molecular weight is 286 g/mol. The van der Waals surface area contributed by atoms with E-state index in [4.69, 9.17) is 11.6 Å². The van der Waals surface area contributed by atoms with Gasteiger partial charge in [0.2, 0.25) is 0 Å². The minimum absolute atomic E-state index is 0.125. The molecule has 0 fully saturated rings. The molecule has 1 rings (SSSR count). The first-order valence-corrected chi connectivity index (χ1v) is 5.61. The minimum Gasteiger partial charge on any atom is -0.465 e. The molecule has 0 heterocycles. The normalized spacial score (nSPS) is 11.6. The van der Waals surface area contributed by atoms with E-state index < -0.39 is 16.6 Å². The standard InChI is InChI=1S/C11H12ClN3O4/c1-11(2,15(17)18)14-13-7-4-5-9(12)8(6-7)10(16)19-3/h4-6H,1-3H3. The molecular weight excluding hydrogens is 274 g/mol. The predicted octanol–water partition coefficient (Wildman–Crippen LogP) is 3.22. The number of nitrogens with zero attached hydrogens (tertiary/aromatic N) is 3. The number of hydrogen-bond donors (Lipinski definition) is 0. The molecule has 0 bridgehead atoms. The van der Waals surface area contributed by atoms with E-state index in [1.54, 1.807) is 0 Å². The van der Waals surface area contributed by atoms with Gasteiger partial charge >= 0.3 is 11.6 Å². The summed E-state index contributed by atoms with van der Waals surface area (Å²) in [5.74, 6) is -0.615. The van der Waals surface area contributed by atoms with Crippen LogP contribution in [0.5, 0.6) is 0 Å². The van der Waals surface area contributed by atoms with Crippen molar-refractivity contribution in [3.05, 3.63) is 38.9 Å². The maximum absolute atomic E-state index is 11.4. The maximum Gasteiger partial charge on any atom is 0.339 e. The quantitative estimate of drug-likeness (QED) is 0.367. The molecular formula is C11H12ClN3O4. The van der Waals surface area contributed by atoms with Crippen LogP contribution in [0.4, 0.5) is 5.69 Å². The highest BCUT2D eigenvalue weighted by Crippen LogP contribution is 2.24. The van der Waals surface area contributed by atoms with Gasteiger partial charge in [0.05, 0.1) is 28.3 Å². The van der Waals surface area contributed by atoms with Crippen molar-refractivity contribution in [2.24, 2.45) is 10.2 Å². The molecule has 0 aliphatic rings. The predicted molar refractivity (Wildman–Crippen MR) is 68.4 cm³/mol. The number of carbonyl (C=O) groups is 1. The van der Waals surface area contributed by atoms with E-state index in [0.29, 0.717) is 0 Å². The summed E-state index contributed by atoms with van der Waals surface area (Å²) >= 11 is 5.83. The summed E-state index contributed by atoms with van der Waals surface area (Å²) in [7, 11) is 1.22. The summed E-state index contributed by atoms with van der Waals surface area (Å²) in [6.07, 6.45) is 0. The van der Waals surface area contributed by atoms with Gasteiger partial charge in [-0.2, -0.15) is 0 Å². The molecule has 19 heavy (non-hydrogen) atoms. The van der Waals surface area contributed by atoms with Crippen LogP contribution in [0.25, 0.3) is 0 Å². The monoisotopic (exact) mass is 285 g/mol. The van der Waals surface area contributed by atoms with E-state index in [2.05, 4.69) is 15.0 Å². The Morgan fingerprint density at radius 1 is 1.47 bits per heavy atom. The van der Waals surface area contributed by atoms with E-state index in [9.17, 15) is 14.9 Å². The van der Waals surface area contributed by atoms with Crippen molar-refractivity contribution in [2.45, 2.75) is 19.5 Å².